The number of anilines is 1. The van der Waals surface area contributed by atoms with E-state index in [1.807, 2.05) is 4.90 Å². The van der Waals surface area contributed by atoms with Crippen LogP contribution in [0.25, 0.3) is 0 Å². The molecule has 1 aromatic rings. The van der Waals surface area contributed by atoms with Crippen LogP contribution in [0, 0.1) is 11.2 Å². The van der Waals surface area contributed by atoms with Crippen LogP contribution in [0.1, 0.15) is 25.7 Å². The largest absolute Gasteiger partial charge is 0.395 e. The van der Waals surface area contributed by atoms with Crippen molar-refractivity contribution in [1.82, 2.24) is 9.88 Å². The Labute approximate surface area is 129 Å². The highest BCUT2D eigenvalue weighted by atomic mass is 19.1. The van der Waals surface area contributed by atoms with Crippen LogP contribution in [0.15, 0.2) is 18.3 Å². The quantitative estimate of drug-likeness (QED) is 0.917. The fraction of sp³-hybridized carbons (Fsp3) is 0.625. The summed E-state index contributed by atoms with van der Waals surface area (Å²) >= 11 is 0. The average molecular weight is 307 g/mol. The van der Waals surface area contributed by atoms with E-state index in [0.29, 0.717) is 25.3 Å². The van der Waals surface area contributed by atoms with Gasteiger partial charge in [-0.3, -0.25) is 4.79 Å². The molecule has 2 saturated heterocycles. The molecule has 0 aromatic carbocycles. The summed E-state index contributed by atoms with van der Waals surface area (Å²) < 4.78 is 14.0. The molecule has 3 heterocycles. The highest BCUT2D eigenvalue weighted by molar-refractivity contribution is 5.77. The molecule has 1 N–H and O–H groups in total. The number of carbonyl (C=O) groups excluding carboxylic acids is 1. The third kappa shape index (κ3) is 2.92. The topological polar surface area (TPSA) is 56.7 Å². The maximum absolute atomic E-state index is 14.0. The first-order valence-electron chi connectivity index (χ1n) is 7.88. The summed E-state index contributed by atoms with van der Waals surface area (Å²) in [6, 6.07) is 3.03. The van der Waals surface area contributed by atoms with Crippen molar-refractivity contribution in [1.29, 1.82) is 0 Å². The Morgan fingerprint density at radius 2 is 2.23 bits per heavy atom. The number of carbonyl (C=O) groups is 1. The Morgan fingerprint density at radius 1 is 1.36 bits per heavy atom. The molecule has 22 heavy (non-hydrogen) atoms. The fourth-order valence-corrected chi connectivity index (χ4v) is 3.76. The van der Waals surface area contributed by atoms with Gasteiger partial charge in [0.2, 0.25) is 5.91 Å². The number of hydrogen-bond donors (Lipinski definition) is 1. The van der Waals surface area contributed by atoms with Gasteiger partial charge >= 0.3 is 0 Å². The van der Waals surface area contributed by atoms with Gasteiger partial charge in [-0.15, -0.1) is 0 Å². The third-order valence-corrected chi connectivity index (χ3v) is 4.82. The zero-order valence-corrected chi connectivity index (χ0v) is 12.7. The number of aliphatic hydroxyl groups is 1. The van der Waals surface area contributed by atoms with Crippen molar-refractivity contribution < 1.29 is 14.3 Å². The van der Waals surface area contributed by atoms with Crippen LogP contribution < -0.4 is 4.90 Å². The van der Waals surface area contributed by atoms with Crippen LogP contribution >= 0.6 is 0 Å². The van der Waals surface area contributed by atoms with Gasteiger partial charge in [0, 0.05) is 44.2 Å². The van der Waals surface area contributed by atoms with Crippen molar-refractivity contribution in [3.05, 3.63) is 24.1 Å². The third-order valence-electron chi connectivity index (χ3n) is 4.82. The van der Waals surface area contributed by atoms with Crippen molar-refractivity contribution in [3.63, 3.8) is 0 Å². The molecule has 0 aliphatic carbocycles. The minimum absolute atomic E-state index is 0.00864. The first-order valence-corrected chi connectivity index (χ1v) is 7.88. The predicted molar refractivity (Wildman–Crippen MR) is 81.0 cm³/mol. The Balaban J connectivity index is 1.77. The Kier molecular flexibility index (Phi) is 4.29. The van der Waals surface area contributed by atoms with E-state index in [2.05, 4.69) is 4.98 Å². The number of pyridine rings is 1. The van der Waals surface area contributed by atoms with Crippen molar-refractivity contribution in [2.45, 2.75) is 25.7 Å². The van der Waals surface area contributed by atoms with E-state index in [1.165, 1.54) is 6.07 Å². The molecular weight excluding hydrogens is 285 g/mol. The molecule has 0 saturated carbocycles. The lowest BCUT2D eigenvalue weighted by Gasteiger charge is -2.48. The summed E-state index contributed by atoms with van der Waals surface area (Å²) in [5.74, 6) is 0.228. The number of hydrogen-bond acceptors (Lipinski definition) is 4. The minimum atomic E-state index is -0.293. The summed E-state index contributed by atoms with van der Waals surface area (Å²) in [7, 11) is 0. The maximum atomic E-state index is 14.0. The molecular formula is C16H22FN3O2. The van der Waals surface area contributed by atoms with E-state index >= 15 is 0 Å². The van der Waals surface area contributed by atoms with Gasteiger partial charge in [0.15, 0.2) is 11.6 Å². The van der Waals surface area contributed by atoms with Crippen LogP contribution in [0.4, 0.5) is 10.2 Å². The van der Waals surface area contributed by atoms with Crippen LogP contribution in [-0.4, -0.2) is 53.7 Å². The monoisotopic (exact) mass is 307 g/mol. The van der Waals surface area contributed by atoms with Crippen molar-refractivity contribution in [3.8, 4) is 0 Å². The SMILES string of the molecule is O=C1CC[C@]2(CCCN(c3ncccc3F)C2)CN1CCO. The van der Waals surface area contributed by atoms with Crippen LogP contribution in [-0.2, 0) is 4.79 Å². The fourth-order valence-electron chi connectivity index (χ4n) is 3.76. The van der Waals surface area contributed by atoms with Crippen molar-refractivity contribution in [2.75, 3.05) is 37.7 Å². The number of nitrogens with zero attached hydrogens (tertiary/aromatic N) is 3. The molecule has 0 radical (unpaired) electrons. The first kappa shape index (κ1) is 15.2. The van der Waals surface area contributed by atoms with Crippen LogP contribution in [0.5, 0.6) is 0 Å². The molecule has 1 aromatic heterocycles. The van der Waals surface area contributed by atoms with Gasteiger partial charge in [-0.1, -0.05) is 0 Å². The summed E-state index contributed by atoms with van der Waals surface area (Å²) in [6.45, 7) is 2.54. The van der Waals surface area contributed by atoms with Crippen LogP contribution in [0.2, 0.25) is 0 Å². The predicted octanol–water partition coefficient (Wildman–Crippen LogP) is 1.42. The second-order valence-corrected chi connectivity index (χ2v) is 6.37. The molecule has 3 rings (SSSR count). The van der Waals surface area contributed by atoms with Crippen LogP contribution in [0.3, 0.4) is 0 Å². The Hall–Kier alpha value is -1.69. The molecule has 6 heteroatoms. The molecule has 2 fully saturated rings. The lowest BCUT2D eigenvalue weighted by molar-refractivity contribution is -0.138. The van der Waals surface area contributed by atoms with E-state index in [-0.39, 0.29) is 23.7 Å². The van der Waals surface area contributed by atoms with Gasteiger partial charge in [0.1, 0.15) is 0 Å². The smallest absolute Gasteiger partial charge is 0.222 e. The number of aromatic nitrogens is 1. The summed E-state index contributed by atoms with van der Waals surface area (Å²) in [4.78, 5) is 19.9. The van der Waals surface area contributed by atoms with E-state index in [1.54, 1.807) is 17.2 Å². The normalized spacial score (nSPS) is 25.8. The van der Waals surface area contributed by atoms with E-state index in [9.17, 15) is 9.18 Å². The second-order valence-electron chi connectivity index (χ2n) is 6.37. The van der Waals surface area contributed by atoms with Gasteiger partial charge in [0.05, 0.1) is 6.61 Å². The Bertz CT molecular complexity index is 554. The van der Waals surface area contributed by atoms with Gasteiger partial charge in [-0.25, -0.2) is 9.37 Å². The van der Waals surface area contributed by atoms with Gasteiger partial charge in [-0.2, -0.15) is 0 Å². The standard InChI is InChI=1S/C16H22FN3O2/c17-13-3-1-7-18-15(13)20-8-2-5-16(12-20)6-4-14(22)19(11-16)9-10-21/h1,3,7,21H,2,4-6,8-12H2/t16-/m1/s1. The van der Waals surface area contributed by atoms with Crippen molar-refractivity contribution in [2.24, 2.45) is 5.41 Å². The Morgan fingerprint density at radius 3 is 3.00 bits per heavy atom. The van der Waals surface area contributed by atoms with Gasteiger partial charge in [0.25, 0.3) is 0 Å². The van der Waals surface area contributed by atoms with Gasteiger partial charge in [-0.05, 0) is 31.4 Å². The maximum Gasteiger partial charge on any atom is 0.222 e. The summed E-state index contributed by atoms with van der Waals surface area (Å²) in [5, 5.41) is 9.13. The molecule has 0 unspecified atom stereocenters. The highest BCUT2D eigenvalue weighted by Crippen LogP contribution is 2.40. The number of halogens is 1. The molecule has 1 spiro atoms. The molecule has 2 aliphatic rings. The lowest BCUT2D eigenvalue weighted by atomic mass is 9.73. The number of likely N-dealkylation sites (tertiary alicyclic amines) is 1. The number of amides is 1. The number of piperidine rings is 2. The second kappa shape index (κ2) is 6.20. The number of rotatable bonds is 3. The van der Waals surface area contributed by atoms with E-state index in [4.69, 9.17) is 5.11 Å². The summed E-state index contributed by atoms with van der Waals surface area (Å²) in [5.41, 5.74) is -0.00864. The van der Waals surface area contributed by atoms with Crippen molar-refractivity contribution >= 4 is 11.7 Å². The molecule has 1 amide bonds. The molecule has 0 bridgehead atoms. The summed E-state index contributed by atoms with van der Waals surface area (Å²) in [6.07, 6.45) is 4.96. The zero-order valence-electron chi connectivity index (χ0n) is 12.7. The average Bonchev–Trinajstić information content (AvgIpc) is 2.52. The molecule has 5 nitrogen and oxygen atoms in total. The zero-order chi connectivity index (χ0) is 15.6. The van der Waals surface area contributed by atoms with Gasteiger partial charge < -0.3 is 14.9 Å². The molecule has 1 atom stereocenters. The molecule has 2 aliphatic heterocycles. The number of β-amino-alcohol motifs (C(OH)–C–C–N with tert-alkyl or cyclic N) is 1. The highest BCUT2D eigenvalue weighted by Gasteiger charge is 2.42. The van der Waals surface area contributed by atoms with E-state index in [0.717, 1.165) is 32.4 Å². The van der Waals surface area contributed by atoms with E-state index < -0.39 is 0 Å². The minimum Gasteiger partial charge on any atom is -0.395 e. The first-order chi connectivity index (χ1) is 10.6. The lowest BCUT2D eigenvalue weighted by Crippen LogP contribution is -2.54. The number of aliphatic hydroxyl groups excluding tert-OH is 1. The molecule has 120 valence electrons.